The van der Waals surface area contributed by atoms with Crippen LogP contribution >= 0.6 is 0 Å². The molecule has 0 amide bonds. The van der Waals surface area contributed by atoms with E-state index in [9.17, 15) is 5.11 Å². The molecule has 1 N–H and O–H groups in total. The van der Waals surface area contributed by atoms with E-state index in [1.165, 1.54) is 5.56 Å². The molecule has 3 heteroatoms. The first-order valence-electron chi connectivity index (χ1n) is 6.60. The third kappa shape index (κ3) is 3.55. The summed E-state index contributed by atoms with van der Waals surface area (Å²) in [6.45, 7) is 5.61. The van der Waals surface area contributed by atoms with E-state index in [2.05, 4.69) is 41.9 Å². The van der Waals surface area contributed by atoms with Crippen molar-refractivity contribution >= 4 is 5.69 Å². The number of aryl methyl sites for hydroxylation is 1. The van der Waals surface area contributed by atoms with E-state index in [0.717, 1.165) is 17.8 Å². The minimum atomic E-state index is -0.519. The Morgan fingerprint density at radius 3 is 2.74 bits per heavy atom. The fourth-order valence-electron chi connectivity index (χ4n) is 2.13. The lowest BCUT2D eigenvalue weighted by atomic mass is 10.1. The van der Waals surface area contributed by atoms with Gasteiger partial charge >= 0.3 is 0 Å². The second-order valence-corrected chi connectivity index (χ2v) is 4.68. The molecule has 0 aliphatic carbocycles. The molecule has 1 unspecified atom stereocenters. The highest BCUT2D eigenvalue weighted by atomic mass is 16.3. The van der Waals surface area contributed by atoms with Gasteiger partial charge in [0.05, 0.1) is 6.10 Å². The number of aliphatic hydroxyl groups is 1. The van der Waals surface area contributed by atoms with Gasteiger partial charge in [0.15, 0.2) is 0 Å². The van der Waals surface area contributed by atoms with Crippen LogP contribution in [0.25, 0.3) is 0 Å². The molecule has 0 saturated heterocycles. The number of anilines is 1. The van der Waals surface area contributed by atoms with Gasteiger partial charge in [0.1, 0.15) is 0 Å². The average Bonchev–Trinajstić information content (AvgIpc) is 2.45. The fourth-order valence-corrected chi connectivity index (χ4v) is 2.13. The number of likely N-dealkylation sites (N-methyl/N-ethyl adjacent to an activating group) is 1. The van der Waals surface area contributed by atoms with Gasteiger partial charge in [-0.25, -0.2) is 0 Å². The van der Waals surface area contributed by atoms with Crippen molar-refractivity contribution in [3.05, 3.63) is 59.9 Å². The van der Waals surface area contributed by atoms with Crippen LogP contribution in [0.4, 0.5) is 5.69 Å². The zero-order valence-corrected chi connectivity index (χ0v) is 11.5. The van der Waals surface area contributed by atoms with Crippen molar-refractivity contribution in [1.82, 2.24) is 4.98 Å². The van der Waals surface area contributed by atoms with Crippen molar-refractivity contribution in [2.24, 2.45) is 0 Å². The Hall–Kier alpha value is -1.87. The van der Waals surface area contributed by atoms with E-state index >= 15 is 0 Å². The predicted octanol–water partition coefficient (Wildman–Crippen LogP) is 2.95. The van der Waals surface area contributed by atoms with Gasteiger partial charge in [-0.05, 0) is 37.6 Å². The van der Waals surface area contributed by atoms with Gasteiger partial charge in [-0.3, -0.25) is 4.98 Å². The highest BCUT2D eigenvalue weighted by Gasteiger charge is 2.13. The van der Waals surface area contributed by atoms with Gasteiger partial charge < -0.3 is 10.0 Å². The molecule has 0 fully saturated rings. The van der Waals surface area contributed by atoms with Crippen LogP contribution in [-0.4, -0.2) is 23.2 Å². The molecule has 2 rings (SSSR count). The molecule has 0 radical (unpaired) electrons. The van der Waals surface area contributed by atoms with Gasteiger partial charge in [0.2, 0.25) is 0 Å². The number of pyridine rings is 1. The van der Waals surface area contributed by atoms with E-state index in [0.29, 0.717) is 6.54 Å². The lowest BCUT2D eigenvalue weighted by Crippen LogP contribution is -2.28. The Labute approximate surface area is 114 Å². The number of benzene rings is 1. The zero-order chi connectivity index (χ0) is 13.7. The normalized spacial score (nSPS) is 12.2. The third-order valence-corrected chi connectivity index (χ3v) is 3.21. The minimum Gasteiger partial charge on any atom is -0.387 e. The molecular weight excluding hydrogens is 236 g/mol. The minimum absolute atomic E-state index is 0.519. The van der Waals surface area contributed by atoms with Crippen LogP contribution in [0.2, 0.25) is 0 Å². The Bertz CT molecular complexity index is 513. The first kappa shape index (κ1) is 13.6. The van der Waals surface area contributed by atoms with E-state index in [1.54, 1.807) is 12.4 Å². The summed E-state index contributed by atoms with van der Waals surface area (Å²) < 4.78 is 0. The molecule has 0 aliphatic rings. The lowest BCUT2D eigenvalue weighted by molar-refractivity contribution is 0.183. The van der Waals surface area contributed by atoms with E-state index in [1.807, 2.05) is 18.2 Å². The number of hydrogen-bond donors (Lipinski definition) is 1. The summed E-state index contributed by atoms with van der Waals surface area (Å²) in [5.41, 5.74) is 3.23. The van der Waals surface area contributed by atoms with Crippen LogP contribution in [0.3, 0.4) is 0 Å². The summed E-state index contributed by atoms with van der Waals surface area (Å²) >= 11 is 0. The number of hydrogen-bond acceptors (Lipinski definition) is 3. The summed E-state index contributed by atoms with van der Waals surface area (Å²) in [4.78, 5) is 6.22. The summed E-state index contributed by atoms with van der Waals surface area (Å²) in [6.07, 6.45) is 2.91. The smallest absolute Gasteiger partial charge is 0.0979 e. The molecule has 0 spiro atoms. The summed E-state index contributed by atoms with van der Waals surface area (Å²) in [7, 11) is 0. The molecule has 0 aliphatic heterocycles. The molecule has 100 valence electrons. The van der Waals surface area contributed by atoms with Gasteiger partial charge in [-0.15, -0.1) is 0 Å². The molecule has 1 heterocycles. The third-order valence-electron chi connectivity index (χ3n) is 3.21. The first-order chi connectivity index (χ1) is 9.20. The molecule has 2 aromatic rings. The average molecular weight is 256 g/mol. The summed E-state index contributed by atoms with van der Waals surface area (Å²) in [5, 5.41) is 10.3. The largest absolute Gasteiger partial charge is 0.387 e. The van der Waals surface area contributed by atoms with Crippen molar-refractivity contribution in [3.8, 4) is 0 Å². The van der Waals surface area contributed by atoms with Crippen LogP contribution in [0.15, 0.2) is 48.8 Å². The summed E-state index contributed by atoms with van der Waals surface area (Å²) in [6, 6.07) is 12.1. The Balaban J connectivity index is 2.11. The highest BCUT2D eigenvalue weighted by Crippen LogP contribution is 2.20. The van der Waals surface area contributed by atoms with Crippen molar-refractivity contribution in [2.45, 2.75) is 20.0 Å². The molecule has 0 bridgehead atoms. The first-order valence-corrected chi connectivity index (χ1v) is 6.60. The zero-order valence-electron chi connectivity index (χ0n) is 11.5. The Morgan fingerprint density at radius 2 is 2.11 bits per heavy atom. The van der Waals surface area contributed by atoms with E-state index in [-0.39, 0.29) is 0 Å². The van der Waals surface area contributed by atoms with E-state index in [4.69, 9.17) is 0 Å². The van der Waals surface area contributed by atoms with Crippen molar-refractivity contribution in [2.75, 3.05) is 18.0 Å². The van der Waals surface area contributed by atoms with Crippen LogP contribution in [-0.2, 0) is 0 Å². The van der Waals surface area contributed by atoms with Gasteiger partial charge in [-0.1, -0.05) is 18.2 Å². The van der Waals surface area contributed by atoms with Crippen LogP contribution in [0, 0.1) is 6.92 Å². The monoisotopic (exact) mass is 256 g/mol. The van der Waals surface area contributed by atoms with Crippen molar-refractivity contribution < 1.29 is 5.11 Å². The topological polar surface area (TPSA) is 36.4 Å². The Kier molecular flexibility index (Phi) is 4.53. The maximum absolute atomic E-state index is 10.3. The second kappa shape index (κ2) is 6.34. The van der Waals surface area contributed by atoms with Crippen LogP contribution in [0.5, 0.6) is 0 Å². The molecule has 1 atom stereocenters. The number of aromatic nitrogens is 1. The maximum atomic E-state index is 10.3. The maximum Gasteiger partial charge on any atom is 0.0979 e. The number of nitrogens with zero attached hydrogens (tertiary/aromatic N) is 2. The number of aliphatic hydroxyl groups excluding tert-OH is 1. The number of rotatable bonds is 5. The molecule has 1 aromatic heterocycles. The lowest BCUT2D eigenvalue weighted by Gasteiger charge is -2.26. The Morgan fingerprint density at radius 1 is 1.26 bits per heavy atom. The van der Waals surface area contributed by atoms with Crippen molar-refractivity contribution in [3.63, 3.8) is 0 Å². The molecule has 1 aromatic carbocycles. The van der Waals surface area contributed by atoms with Crippen molar-refractivity contribution in [1.29, 1.82) is 0 Å². The molecule has 19 heavy (non-hydrogen) atoms. The van der Waals surface area contributed by atoms with Gasteiger partial charge in [-0.2, -0.15) is 0 Å². The SMILES string of the molecule is CCN(CC(O)c1cccnc1)c1cccc(C)c1. The quantitative estimate of drug-likeness (QED) is 0.893. The van der Waals surface area contributed by atoms with Gasteiger partial charge in [0.25, 0.3) is 0 Å². The van der Waals surface area contributed by atoms with Crippen LogP contribution < -0.4 is 4.90 Å². The highest BCUT2D eigenvalue weighted by molar-refractivity contribution is 5.48. The fraction of sp³-hybridized carbons (Fsp3) is 0.312. The molecular formula is C16H20N2O. The summed E-state index contributed by atoms with van der Waals surface area (Å²) in [5.74, 6) is 0. The second-order valence-electron chi connectivity index (χ2n) is 4.68. The standard InChI is InChI=1S/C16H20N2O/c1-3-18(15-8-4-6-13(2)10-15)12-16(19)14-7-5-9-17-11-14/h4-11,16,19H,3,12H2,1-2H3. The van der Waals surface area contributed by atoms with Gasteiger partial charge in [0, 0.05) is 36.7 Å². The molecule has 0 saturated carbocycles. The predicted molar refractivity (Wildman–Crippen MR) is 78.3 cm³/mol. The molecule has 3 nitrogen and oxygen atoms in total. The van der Waals surface area contributed by atoms with Crippen LogP contribution in [0.1, 0.15) is 24.2 Å². The van der Waals surface area contributed by atoms with E-state index < -0.39 is 6.10 Å².